The minimum absolute atomic E-state index is 0.0620. The van der Waals surface area contributed by atoms with Gasteiger partial charge in [0.25, 0.3) is 5.56 Å². The molecule has 2 amide bonds. The van der Waals surface area contributed by atoms with Crippen molar-refractivity contribution in [2.24, 2.45) is 11.7 Å². The van der Waals surface area contributed by atoms with E-state index in [4.69, 9.17) is 5.73 Å². The van der Waals surface area contributed by atoms with E-state index < -0.39 is 11.6 Å². The SMILES string of the molecule is CC(C)Cn1c(CN(C(=O)O)C(C)(C)C)c(-c2ccccc2)c2cc(CCC(N)=O)ccc2c1=O. The topological polar surface area (TPSA) is 106 Å². The third-order valence-corrected chi connectivity index (χ3v) is 6.06. The van der Waals surface area contributed by atoms with Crippen LogP contribution in [0.5, 0.6) is 0 Å². The standard InChI is InChI=1S/C28H35N3O4/c1-18(2)16-30-23(17-31(27(34)35)28(3,4)5)25(20-9-7-6-8-10-20)22-15-19(12-14-24(29)32)11-13-21(22)26(30)33/h6-11,13,15,18H,12,14,16-17H2,1-5H3,(H2,29,32)(H,34,35). The lowest BCUT2D eigenvalue weighted by atomic mass is 9.93. The van der Waals surface area contributed by atoms with Gasteiger partial charge in [-0.25, -0.2) is 4.79 Å². The van der Waals surface area contributed by atoms with Gasteiger partial charge in [0, 0.05) is 35.1 Å². The lowest BCUT2D eigenvalue weighted by Crippen LogP contribution is -2.45. The summed E-state index contributed by atoms with van der Waals surface area (Å²) in [5, 5.41) is 11.4. The summed E-state index contributed by atoms with van der Waals surface area (Å²) >= 11 is 0. The van der Waals surface area contributed by atoms with E-state index in [9.17, 15) is 19.5 Å². The number of aryl methyl sites for hydroxylation is 1. The van der Waals surface area contributed by atoms with Gasteiger partial charge >= 0.3 is 6.09 Å². The molecule has 0 atom stereocenters. The minimum Gasteiger partial charge on any atom is -0.465 e. The Hall–Kier alpha value is -3.61. The summed E-state index contributed by atoms with van der Waals surface area (Å²) in [5.41, 5.74) is 7.82. The molecule has 0 saturated heterocycles. The zero-order valence-electron chi connectivity index (χ0n) is 21.2. The number of carbonyl (C=O) groups is 2. The first-order valence-corrected chi connectivity index (χ1v) is 11.9. The number of aromatic nitrogens is 1. The highest BCUT2D eigenvalue weighted by atomic mass is 16.4. The van der Waals surface area contributed by atoms with Crippen molar-refractivity contribution in [3.63, 3.8) is 0 Å². The molecule has 0 aliphatic rings. The molecule has 7 nitrogen and oxygen atoms in total. The molecule has 3 rings (SSSR count). The summed E-state index contributed by atoms with van der Waals surface area (Å²) in [6, 6.07) is 15.3. The quantitative estimate of drug-likeness (QED) is 0.475. The second-order valence-electron chi connectivity index (χ2n) is 10.4. The number of fused-ring (bicyclic) bond motifs is 1. The summed E-state index contributed by atoms with van der Waals surface area (Å²) in [6.45, 7) is 10.1. The second kappa shape index (κ2) is 10.3. The van der Waals surface area contributed by atoms with Crippen molar-refractivity contribution >= 4 is 22.8 Å². The summed E-state index contributed by atoms with van der Waals surface area (Å²) in [4.78, 5) is 38.8. The molecule has 35 heavy (non-hydrogen) atoms. The van der Waals surface area contributed by atoms with Gasteiger partial charge in [0.15, 0.2) is 0 Å². The van der Waals surface area contributed by atoms with Crippen LogP contribution in [0.15, 0.2) is 53.3 Å². The van der Waals surface area contributed by atoms with Crippen molar-refractivity contribution < 1.29 is 14.7 Å². The van der Waals surface area contributed by atoms with Gasteiger partial charge in [-0.05, 0) is 55.7 Å². The normalized spacial score (nSPS) is 11.7. The van der Waals surface area contributed by atoms with E-state index in [1.165, 1.54) is 4.90 Å². The molecular formula is C28H35N3O4. The molecule has 3 aromatic rings. The number of hydrogen-bond acceptors (Lipinski definition) is 3. The van der Waals surface area contributed by atoms with Gasteiger partial charge in [-0.15, -0.1) is 0 Å². The second-order valence-corrected chi connectivity index (χ2v) is 10.4. The van der Waals surface area contributed by atoms with Crippen molar-refractivity contribution in [1.82, 2.24) is 9.47 Å². The lowest BCUT2D eigenvalue weighted by Gasteiger charge is -2.35. The average molecular weight is 478 g/mol. The Bertz CT molecular complexity index is 1290. The predicted octanol–water partition coefficient (Wildman–Crippen LogP) is 5.02. The maximum atomic E-state index is 13.8. The zero-order chi connectivity index (χ0) is 25.9. The van der Waals surface area contributed by atoms with E-state index in [2.05, 4.69) is 0 Å². The minimum atomic E-state index is -1.05. The molecule has 1 heterocycles. The van der Waals surface area contributed by atoms with Crippen LogP contribution in [0.1, 0.15) is 52.3 Å². The molecule has 2 aromatic carbocycles. The number of nitrogens with zero attached hydrogens (tertiary/aromatic N) is 2. The van der Waals surface area contributed by atoms with Crippen LogP contribution in [0.4, 0.5) is 4.79 Å². The summed E-state index contributed by atoms with van der Waals surface area (Å²) < 4.78 is 1.74. The van der Waals surface area contributed by atoms with Crippen molar-refractivity contribution in [2.75, 3.05) is 0 Å². The first-order valence-electron chi connectivity index (χ1n) is 11.9. The first-order chi connectivity index (χ1) is 16.4. The highest BCUT2D eigenvalue weighted by Crippen LogP contribution is 2.34. The van der Waals surface area contributed by atoms with Crippen LogP contribution in [-0.4, -0.2) is 32.1 Å². The fourth-order valence-corrected chi connectivity index (χ4v) is 4.36. The van der Waals surface area contributed by atoms with Gasteiger partial charge in [0.1, 0.15) is 0 Å². The predicted molar refractivity (Wildman–Crippen MR) is 139 cm³/mol. The summed E-state index contributed by atoms with van der Waals surface area (Å²) in [7, 11) is 0. The van der Waals surface area contributed by atoms with Gasteiger partial charge in [0.05, 0.1) is 6.54 Å². The number of carbonyl (C=O) groups excluding carboxylic acids is 1. The third-order valence-electron chi connectivity index (χ3n) is 6.06. The Labute approximate surface area is 206 Å². The fourth-order valence-electron chi connectivity index (χ4n) is 4.36. The molecule has 0 fully saturated rings. The molecule has 0 aliphatic carbocycles. The van der Waals surface area contributed by atoms with Crippen LogP contribution in [0, 0.1) is 5.92 Å². The molecular weight excluding hydrogens is 442 g/mol. The Balaban J connectivity index is 2.42. The first kappa shape index (κ1) is 26.0. The molecule has 0 saturated carbocycles. The fraction of sp³-hybridized carbons (Fsp3) is 0.393. The number of rotatable bonds is 8. The van der Waals surface area contributed by atoms with E-state index in [-0.39, 0.29) is 30.3 Å². The summed E-state index contributed by atoms with van der Waals surface area (Å²) in [6.07, 6.45) is -0.372. The van der Waals surface area contributed by atoms with Crippen LogP contribution >= 0.6 is 0 Å². The number of primary amides is 1. The van der Waals surface area contributed by atoms with Crippen LogP contribution in [0.3, 0.4) is 0 Å². The van der Waals surface area contributed by atoms with Crippen molar-refractivity contribution in [1.29, 1.82) is 0 Å². The lowest BCUT2D eigenvalue weighted by molar-refractivity contribution is -0.117. The molecule has 0 unspecified atom stereocenters. The number of pyridine rings is 1. The number of amides is 2. The largest absolute Gasteiger partial charge is 0.465 e. The Morgan fingerprint density at radius 1 is 1.06 bits per heavy atom. The number of hydrogen-bond donors (Lipinski definition) is 2. The number of benzene rings is 2. The number of carboxylic acid groups (broad SMARTS) is 1. The summed E-state index contributed by atoms with van der Waals surface area (Å²) in [5.74, 6) is -0.209. The Kier molecular flexibility index (Phi) is 7.68. The van der Waals surface area contributed by atoms with Gasteiger partial charge in [-0.3, -0.25) is 14.5 Å². The van der Waals surface area contributed by atoms with Crippen LogP contribution < -0.4 is 11.3 Å². The van der Waals surface area contributed by atoms with E-state index in [1.54, 1.807) is 10.6 Å². The van der Waals surface area contributed by atoms with Crippen molar-refractivity contribution in [3.05, 3.63) is 70.1 Å². The monoisotopic (exact) mass is 477 g/mol. The van der Waals surface area contributed by atoms with Crippen molar-refractivity contribution in [3.8, 4) is 11.1 Å². The Morgan fingerprint density at radius 3 is 2.26 bits per heavy atom. The molecule has 1 aromatic heterocycles. The van der Waals surface area contributed by atoms with Crippen molar-refractivity contribution in [2.45, 2.75) is 66.1 Å². The van der Waals surface area contributed by atoms with Crippen LogP contribution in [-0.2, 0) is 24.3 Å². The maximum absolute atomic E-state index is 13.8. The van der Waals surface area contributed by atoms with E-state index in [1.807, 2.05) is 77.1 Å². The molecule has 0 spiro atoms. The van der Waals surface area contributed by atoms with E-state index in [0.717, 1.165) is 22.1 Å². The average Bonchev–Trinajstić information content (AvgIpc) is 2.77. The molecule has 7 heteroatoms. The smallest absolute Gasteiger partial charge is 0.408 e. The van der Waals surface area contributed by atoms with E-state index in [0.29, 0.717) is 24.0 Å². The maximum Gasteiger partial charge on any atom is 0.408 e. The van der Waals surface area contributed by atoms with Gasteiger partial charge < -0.3 is 15.4 Å². The van der Waals surface area contributed by atoms with Gasteiger partial charge in [0.2, 0.25) is 5.91 Å². The van der Waals surface area contributed by atoms with Gasteiger partial charge in [-0.2, -0.15) is 0 Å². The Morgan fingerprint density at radius 2 is 1.71 bits per heavy atom. The highest BCUT2D eigenvalue weighted by molar-refractivity contribution is 5.98. The third kappa shape index (κ3) is 5.91. The molecule has 3 N–H and O–H groups in total. The van der Waals surface area contributed by atoms with E-state index >= 15 is 0 Å². The highest BCUT2D eigenvalue weighted by Gasteiger charge is 2.29. The molecule has 0 bridgehead atoms. The van der Waals surface area contributed by atoms with Crippen LogP contribution in [0.2, 0.25) is 0 Å². The zero-order valence-corrected chi connectivity index (χ0v) is 21.2. The molecule has 0 radical (unpaired) electrons. The number of nitrogens with two attached hydrogens (primary N) is 1. The van der Waals surface area contributed by atoms with Crippen LogP contribution in [0.25, 0.3) is 21.9 Å². The molecule has 0 aliphatic heterocycles. The molecule has 186 valence electrons. The van der Waals surface area contributed by atoms with Gasteiger partial charge in [-0.1, -0.05) is 56.3 Å².